The van der Waals surface area contributed by atoms with E-state index in [4.69, 9.17) is 22.9 Å². The lowest BCUT2D eigenvalue weighted by Gasteiger charge is -2.27. The molecule has 86 heavy (non-hydrogen) atoms. The molecule has 0 bridgehead atoms. The van der Waals surface area contributed by atoms with E-state index in [1.807, 2.05) is 13.8 Å². The second-order valence-electron chi connectivity index (χ2n) is 20.7. The molecule has 29 nitrogen and oxygen atoms in total. The Morgan fingerprint density at radius 2 is 1.09 bits per heavy atom. The Bertz CT molecular complexity index is 2720. The first-order valence-corrected chi connectivity index (χ1v) is 29.9. The maximum Gasteiger partial charge on any atom is 0.326 e. The molecule has 21 N–H and O–H groups in total. The van der Waals surface area contributed by atoms with E-state index in [0.717, 1.165) is 0 Å². The molecule has 3 rings (SSSR count). The lowest BCUT2D eigenvalue weighted by atomic mass is 10.0. The highest BCUT2D eigenvalue weighted by atomic mass is 32.2. The Morgan fingerprint density at radius 1 is 0.616 bits per heavy atom. The fourth-order valence-electron chi connectivity index (χ4n) is 8.40. The predicted molar refractivity (Wildman–Crippen MR) is 325 cm³/mol. The summed E-state index contributed by atoms with van der Waals surface area (Å²) in [6, 6.07) is 0.0840. The number of nitrogens with two attached hydrogens (primary N) is 4. The van der Waals surface area contributed by atoms with Gasteiger partial charge in [-0.3, -0.25) is 48.1 Å². The fraction of sp³-hybridized carbons (Fsp3) is 0.527. The molecule has 0 saturated heterocycles. The Hall–Kier alpha value is -8.16. The zero-order valence-corrected chi connectivity index (χ0v) is 50.3. The van der Waals surface area contributed by atoms with Crippen molar-refractivity contribution in [3.8, 4) is 11.5 Å². The van der Waals surface area contributed by atoms with Gasteiger partial charge in [-0.25, -0.2) is 9.78 Å². The second-order valence-corrected chi connectivity index (χ2v) is 22.1. The van der Waals surface area contributed by atoms with Crippen LogP contribution in [0.5, 0.6) is 11.5 Å². The molecule has 31 heteroatoms. The third-order valence-corrected chi connectivity index (χ3v) is 14.1. The van der Waals surface area contributed by atoms with E-state index in [9.17, 15) is 63.3 Å². The smallest absolute Gasteiger partial charge is 0.326 e. The summed E-state index contributed by atoms with van der Waals surface area (Å²) in [5.74, 6) is -8.81. The van der Waals surface area contributed by atoms with Crippen molar-refractivity contribution in [3.63, 3.8) is 0 Å². The third kappa shape index (κ3) is 26.8. The van der Waals surface area contributed by atoms with E-state index >= 15 is 0 Å². The van der Waals surface area contributed by atoms with Gasteiger partial charge in [0.05, 0.1) is 18.9 Å². The zero-order valence-electron chi connectivity index (χ0n) is 48.6. The van der Waals surface area contributed by atoms with Crippen LogP contribution in [0.4, 0.5) is 0 Å². The summed E-state index contributed by atoms with van der Waals surface area (Å²) in [5.41, 5.74) is 24.3. The summed E-state index contributed by atoms with van der Waals surface area (Å²) in [6.45, 7) is 4.66. The number of aliphatic carboxylic acids is 1. The van der Waals surface area contributed by atoms with Crippen molar-refractivity contribution in [2.24, 2.45) is 33.8 Å². The number of carbonyl (C=O) groups is 10. The van der Waals surface area contributed by atoms with Crippen LogP contribution in [0.15, 0.2) is 66.0 Å². The number of thiol groups is 1. The van der Waals surface area contributed by atoms with Crippen molar-refractivity contribution >= 4 is 89.5 Å². The van der Waals surface area contributed by atoms with E-state index < -0.39 is 120 Å². The average Bonchev–Trinajstić information content (AvgIpc) is 3.46. The van der Waals surface area contributed by atoms with Crippen molar-refractivity contribution in [2.75, 3.05) is 37.4 Å². The quantitative estimate of drug-likeness (QED) is 0.0119. The van der Waals surface area contributed by atoms with Crippen LogP contribution in [0.3, 0.4) is 0 Å². The van der Waals surface area contributed by atoms with Crippen LogP contribution in [0.25, 0.3) is 0 Å². The monoisotopic (exact) mass is 1240 g/mol. The highest BCUT2D eigenvalue weighted by molar-refractivity contribution is 7.98. The number of carboxylic acids is 1. The molecule has 0 aliphatic rings. The number of benzene rings is 2. The van der Waals surface area contributed by atoms with Gasteiger partial charge in [0.15, 0.2) is 5.96 Å². The van der Waals surface area contributed by atoms with Gasteiger partial charge in [-0.1, -0.05) is 38.1 Å². The number of nitrogens with zero attached hydrogens (tertiary/aromatic N) is 2. The van der Waals surface area contributed by atoms with Crippen molar-refractivity contribution in [1.82, 2.24) is 57.8 Å². The highest BCUT2D eigenvalue weighted by Gasteiger charge is 2.34. The Kier molecular flexibility index (Phi) is 31.9. The number of imidazole rings is 1. The minimum atomic E-state index is -1.41. The van der Waals surface area contributed by atoms with Crippen molar-refractivity contribution in [3.05, 3.63) is 77.9 Å². The number of aromatic hydroxyl groups is 2. The van der Waals surface area contributed by atoms with Crippen molar-refractivity contribution in [1.29, 1.82) is 0 Å². The van der Waals surface area contributed by atoms with E-state index in [0.29, 0.717) is 41.8 Å². The van der Waals surface area contributed by atoms with E-state index in [-0.39, 0.29) is 87.2 Å². The number of carboxylic acid groups (broad SMARTS) is 1. The predicted octanol–water partition coefficient (Wildman–Crippen LogP) is -2.81. The van der Waals surface area contributed by atoms with Gasteiger partial charge in [0.25, 0.3) is 0 Å². The van der Waals surface area contributed by atoms with Gasteiger partial charge in [0.1, 0.15) is 59.8 Å². The topological polar surface area (TPSA) is 485 Å². The van der Waals surface area contributed by atoms with Gasteiger partial charge in [-0.15, -0.1) is 0 Å². The maximum absolute atomic E-state index is 14.2. The lowest BCUT2D eigenvalue weighted by molar-refractivity contribution is -0.142. The van der Waals surface area contributed by atoms with E-state index in [1.54, 1.807) is 18.4 Å². The number of carbonyl (C=O) groups excluding carboxylic acids is 9. The molecule has 0 fully saturated rings. The molecular formula is C55H84N16O13S2. The molecule has 1 aromatic heterocycles. The van der Waals surface area contributed by atoms with Crippen molar-refractivity contribution < 1.29 is 63.3 Å². The number of thioether (sulfide) groups is 1. The first-order valence-electron chi connectivity index (χ1n) is 27.9. The zero-order chi connectivity index (χ0) is 63.9. The molecule has 3 aromatic rings. The number of unbranched alkanes of at least 4 members (excludes halogenated alkanes) is 1. The van der Waals surface area contributed by atoms with Crippen molar-refractivity contribution in [2.45, 2.75) is 139 Å². The minimum Gasteiger partial charge on any atom is -0.508 e. The summed E-state index contributed by atoms with van der Waals surface area (Å²) in [6.07, 6.45) is 5.45. The number of phenols is 2. The molecule has 0 aliphatic carbocycles. The summed E-state index contributed by atoms with van der Waals surface area (Å²) in [7, 11) is 0. The summed E-state index contributed by atoms with van der Waals surface area (Å²) in [4.78, 5) is 146. The first kappa shape index (κ1) is 72.1. The number of nitrogens with one attached hydrogen (secondary N) is 10. The average molecular weight is 1240 g/mol. The maximum atomic E-state index is 14.2. The van der Waals surface area contributed by atoms with Crippen LogP contribution in [0.2, 0.25) is 0 Å². The Morgan fingerprint density at radius 3 is 1.57 bits per heavy atom. The van der Waals surface area contributed by atoms with Gasteiger partial charge in [-0.05, 0) is 112 Å². The number of rotatable bonds is 39. The molecule has 0 radical (unpaired) electrons. The molecule has 0 aliphatic heterocycles. The number of amides is 9. The minimum absolute atomic E-state index is 0.00575. The van der Waals surface area contributed by atoms with Gasteiger partial charge < -0.3 is 91.1 Å². The summed E-state index contributed by atoms with van der Waals surface area (Å²) in [5, 5.41) is 52.8. The fourth-order valence-corrected chi connectivity index (χ4v) is 9.13. The second kappa shape index (κ2) is 38.0. The van der Waals surface area contributed by atoms with Crippen LogP contribution in [0, 0.1) is 5.92 Å². The first-order chi connectivity index (χ1) is 40.8. The lowest BCUT2D eigenvalue weighted by Crippen LogP contribution is -2.60. The number of aromatic amines is 1. The van der Waals surface area contributed by atoms with Crippen LogP contribution in [-0.2, 0) is 67.2 Å². The van der Waals surface area contributed by atoms with Gasteiger partial charge in [0.2, 0.25) is 53.2 Å². The van der Waals surface area contributed by atoms with Gasteiger partial charge in [-0.2, -0.15) is 24.4 Å². The Labute approximate surface area is 508 Å². The molecule has 0 spiro atoms. The number of guanidine groups is 1. The molecule has 9 atom stereocenters. The van der Waals surface area contributed by atoms with Gasteiger partial charge in [0, 0.05) is 43.5 Å². The van der Waals surface area contributed by atoms with E-state index in [1.165, 1.54) is 67.6 Å². The number of H-pyrrole nitrogens is 1. The molecule has 0 unspecified atom stereocenters. The number of aromatic nitrogens is 2. The van der Waals surface area contributed by atoms with Gasteiger partial charge >= 0.3 is 5.97 Å². The largest absolute Gasteiger partial charge is 0.508 e. The number of aliphatic imine (C=N–C) groups is 1. The van der Waals surface area contributed by atoms with Crippen LogP contribution >= 0.6 is 24.4 Å². The molecule has 9 amide bonds. The molecule has 2 aromatic carbocycles. The Balaban J connectivity index is 1.75. The number of hydrogen-bond donors (Lipinski definition) is 18. The van der Waals surface area contributed by atoms with Crippen LogP contribution in [-0.4, -0.2) is 182 Å². The third-order valence-electron chi connectivity index (χ3n) is 13.1. The standard InChI is InChI=1S/C55H84N16O13S2/c1-30(2)22-37(57)47(76)69-41(23-32-10-14-35(72)15-11-32)51(80)66-39(9-7-20-61-55(58)59)48(77)64-31(3)46(75)62-27-45(74)65-44(28-85)53(82)67-38(8-5-6-19-56)49(78)70-42(24-33-12-16-36(73)17-13-33)52(81)68-40(18-21-86-4)50(79)71-43(54(83)84)25-34-26-60-29-63-34/h10-17,26,29-31,37-44,72-73,85H,5-9,18-25,27-28,56-57H2,1-4H3,(H,60,63)(H,62,75)(H,64,77)(H,65,74)(H,66,80)(H,67,82)(H,68,81)(H,69,76)(H,70,78)(H,71,79)(H,83,84)(H4,58,59,61)/t31-,37-,38-,39-,40-,41-,42-,43-,44-/m0/s1. The molecule has 1 heterocycles. The van der Waals surface area contributed by atoms with Crippen LogP contribution in [0.1, 0.15) is 82.5 Å². The molecule has 474 valence electrons. The number of hydrogen-bond acceptors (Lipinski definition) is 18. The van der Waals surface area contributed by atoms with Crippen LogP contribution < -0.4 is 70.8 Å². The summed E-state index contributed by atoms with van der Waals surface area (Å²) >= 11 is 5.61. The summed E-state index contributed by atoms with van der Waals surface area (Å²) < 4.78 is 0. The van der Waals surface area contributed by atoms with E-state index in [2.05, 4.69) is 75.4 Å². The normalized spacial score (nSPS) is 14.2. The number of phenolic OH excluding ortho intramolecular Hbond substituents is 2. The highest BCUT2D eigenvalue weighted by Crippen LogP contribution is 2.15. The molecular weight excluding hydrogens is 1160 g/mol. The SMILES string of the molecule is CSCC[C@H](NC(=O)[C@H](Cc1ccc(O)cc1)NC(=O)[C@H](CCCCN)NC(=O)[C@H](CS)NC(=O)CNC(=O)[C@H](C)NC(=O)[C@H](CCCN=C(N)N)NC(=O)[C@H](Cc1ccc(O)cc1)NC(=O)[C@@H](N)CC(C)C)C(=O)N[C@@H](Cc1cnc[nH]1)C(=O)O. The molecule has 0 saturated carbocycles.